The number of hydrogen-bond donors (Lipinski definition) is 1. The lowest BCUT2D eigenvalue weighted by atomic mass is 10.2. The Morgan fingerprint density at radius 2 is 2.15 bits per heavy atom. The van der Waals surface area contributed by atoms with Crippen molar-refractivity contribution in [2.45, 2.75) is 18.6 Å². The molecule has 0 spiro atoms. The number of nitrogens with zero attached hydrogens (tertiary/aromatic N) is 5. The van der Waals surface area contributed by atoms with Crippen molar-refractivity contribution in [2.75, 3.05) is 18.8 Å². The maximum Gasteiger partial charge on any atom is 0.293 e. The number of thioether (sulfide) groups is 2. The molecule has 0 saturated carbocycles. The minimum atomic E-state index is -0.376. The topological polar surface area (TPSA) is 123 Å². The third kappa shape index (κ3) is 5.34. The van der Waals surface area contributed by atoms with E-state index in [0.717, 1.165) is 22.2 Å². The maximum absolute atomic E-state index is 12.5. The van der Waals surface area contributed by atoms with E-state index in [1.165, 1.54) is 11.8 Å². The van der Waals surface area contributed by atoms with Crippen LogP contribution in [0.5, 0.6) is 0 Å². The summed E-state index contributed by atoms with van der Waals surface area (Å²) in [7, 11) is 0. The van der Waals surface area contributed by atoms with Crippen LogP contribution in [0.2, 0.25) is 0 Å². The molecular formula is C21H20N6O4S2. The molecule has 3 aromatic rings. The fraction of sp³-hybridized carbons (Fsp3) is 0.238. The normalized spacial score (nSPS) is 14.9. The summed E-state index contributed by atoms with van der Waals surface area (Å²) in [5.41, 5.74) is 0.739. The molecule has 0 radical (unpaired) electrons. The van der Waals surface area contributed by atoms with Crippen molar-refractivity contribution in [1.82, 2.24) is 30.0 Å². The van der Waals surface area contributed by atoms with Gasteiger partial charge in [0.25, 0.3) is 11.1 Å². The molecule has 3 amide bonds. The van der Waals surface area contributed by atoms with Crippen molar-refractivity contribution < 1.29 is 18.8 Å². The van der Waals surface area contributed by atoms with Crippen LogP contribution < -0.4 is 5.32 Å². The number of carbonyl (C=O) groups excluding carboxylic acids is 3. The molecule has 0 atom stereocenters. The molecule has 12 heteroatoms. The largest absolute Gasteiger partial charge is 0.461 e. The molecule has 0 aromatic carbocycles. The second-order valence-corrected chi connectivity index (χ2v) is 8.72. The Morgan fingerprint density at radius 1 is 1.27 bits per heavy atom. The molecule has 1 fully saturated rings. The number of carbonyl (C=O) groups is 3. The summed E-state index contributed by atoms with van der Waals surface area (Å²) in [4.78, 5) is 42.5. The summed E-state index contributed by atoms with van der Waals surface area (Å²) in [5, 5.41) is 11.3. The van der Waals surface area contributed by atoms with Gasteiger partial charge in [-0.3, -0.25) is 28.8 Å². The van der Waals surface area contributed by atoms with E-state index in [9.17, 15) is 14.4 Å². The van der Waals surface area contributed by atoms with E-state index >= 15 is 0 Å². The number of rotatable bonds is 9. The number of aromatic nitrogens is 4. The summed E-state index contributed by atoms with van der Waals surface area (Å²) in [6.45, 7) is 2.84. The first-order chi connectivity index (χ1) is 16.1. The zero-order valence-corrected chi connectivity index (χ0v) is 19.3. The number of hydrogen-bond acceptors (Lipinski definition) is 9. The van der Waals surface area contributed by atoms with Crippen LogP contribution >= 0.6 is 23.5 Å². The molecule has 10 nitrogen and oxygen atoms in total. The molecule has 170 valence electrons. The van der Waals surface area contributed by atoms with Gasteiger partial charge in [-0.2, -0.15) is 0 Å². The lowest BCUT2D eigenvalue weighted by Crippen LogP contribution is -2.37. The van der Waals surface area contributed by atoms with E-state index in [1.807, 2.05) is 11.5 Å². The lowest BCUT2D eigenvalue weighted by molar-refractivity contribution is -0.123. The average Bonchev–Trinajstić information content (AvgIpc) is 3.54. The van der Waals surface area contributed by atoms with Crippen LogP contribution in [0.25, 0.3) is 17.7 Å². The molecule has 33 heavy (non-hydrogen) atoms. The molecule has 4 heterocycles. The molecule has 1 aliphatic heterocycles. The van der Waals surface area contributed by atoms with Crippen LogP contribution in [0.4, 0.5) is 4.79 Å². The van der Waals surface area contributed by atoms with Crippen molar-refractivity contribution in [3.8, 4) is 11.6 Å². The van der Waals surface area contributed by atoms with E-state index in [-0.39, 0.29) is 35.9 Å². The van der Waals surface area contributed by atoms with Gasteiger partial charge in [-0.05, 0) is 48.5 Å². The standard InChI is InChI=1S/C21H20N6O4S2/c1-2-26-18(15-6-4-10-31-15)24-25-20(26)32-13-17(28)23-8-9-27-19(29)16(33-21(27)30)11-14-5-3-7-22-12-14/h3-7,10-12H,2,8-9,13H2,1H3,(H,23,28)/b16-11-. The molecule has 0 aliphatic carbocycles. The number of pyridine rings is 1. The van der Waals surface area contributed by atoms with Crippen LogP contribution in [0.15, 0.2) is 57.4 Å². The van der Waals surface area contributed by atoms with Crippen molar-refractivity contribution >= 4 is 46.7 Å². The first-order valence-electron chi connectivity index (χ1n) is 10.1. The van der Waals surface area contributed by atoms with Crippen LogP contribution in [-0.4, -0.2) is 60.5 Å². The monoisotopic (exact) mass is 484 g/mol. The van der Waals surface area contributed by atoms with Gasteiger partial charge in [0.1, 0.15) is 0 Å². The highest BCUT2D eigenvalue weighted by Gasteiger charge is 2.34. The first-order valence-corrected chi connectivity index (χ1v) is 11.9. The maximum atomic E-state index is 12.5. The highest BCUT2D eigenvalue weighted by atomic mass is 32.2. The summed E-state index contributed by atoms with van der Waals surface area (Å²) in [6, 6.07) is 7.13. The van der Waals surface area contributed by atoms with Crippen LogP contribution in [0.3, 0.4) is 0 Å². The highest BCUT2D eigenvalue weighted by Crippen LogP contribution is 2.31. The fourth-order valence-corrected chi connectivity index (χ4v) is 4.76. The average molecular weight is 485 g/mol. The Bertz CT molecular complexity index is 1180. The summed E-state index contributed by atoms with van der Waals surface area (Å²) >= 11 is 2.13. The van der Waals surface area contributed by atoms with Gasteiger partial charge in [0, 0.05) is 32.0 Å². The minimum Gasteiger partial charge on any atom is -0.461 e. The van der Waals surface area contributed by atoms with Gasteiger partial charge in [0.15, 0.2) is 16.7 Å². The second kappa shape index (κ2) is 10.5. The number of amides is 3. The van der Waals surface area contributed by atoms with Crippen LogP contribution in [0, 0.1) is 0 Å². The van der Waals surface area contributed by atoms with E-state index in [1.54, 1.807) is 49.0 Å². The molecule has 0 unspecified atom stereocenters. The SMILES string of the molecule is CCn1c(SCC(=O)NCCN2C(=O)S/C(=C\c3cccnc3)C2=O)nnc1-c1ccco1. The lowest BCUT2D eigenvalue weighted by Gasteiger charge is -2.13. The Balaban J connectivity index is 1.27. The highest BCUT2D eigenvalue weighted by molar-refractivity contribution is 8.18. The third-order valence-electron chi connectivity index (χ3n) is 4.62. The molecule has 0 bridgehead atoms. The molecule has 3 aromatic heterocycles. The van der Waals surface area contributed by atoms with Gasteiger partial charge in [-0.25, -0.2) is 0 Å². The molecule has 1 saturated heterocycles. The zero-order chi connectivity index (χ0) is 23.2. The quantitative estimate of drug-likeness (QED) is 0.361. The summed E-state index contributed by atoms with van der Waals surface area (Å²) in [5.74, 6) is 0.723. The molecular weight excluding hydrogens is 464 g/mol. The Labute approximate surface area is 197 Å². The van der Waals surface area contributed by atoms with Gasteiger partial charge in [-0.1, -0.05) is 17.8 Å². The van der Waals surface area contributed by atoms with E-state index in [2.05, 4.69) is 20.5 Å². The van der Waals surface area contributed by atoms with Gasteiger partial charge in [0.05, 0.1) is 16.9 Å². The first kappa shape index (κ1) is 22.8. The predicted octanol–water partition coefficient (Wildman–Crippen LogP) is 2.90. The third-order valence-corrected chi connectivity index (χ3v) is 6.49. The van der Waals surface area contributed by atoms with E-state index in [4.69, 9.17) is 4.42 Å². The van der Waals surface area contributed by atoms with Gasteiger partial charge in [0.2, 0.25) is 5.91 Å². The van der Waals surface area contributed by atoms with Crippen molar-refractivity contribution in [2.24, 2.45) is 0 Å². The summed E-state index contributed by atoms with van der Waals surface area (Å²) < 4.78 is 7.25. The zero-order valence-electron chi connectivity index (χ0n) is 17.6. The van der Waals surface area contributed by atoms with Crippen molar-refractivity contribution in [1.29, 1.82) is 0 Å². The van der Waals surface area contributed by atoms with E-state index < -0.39 is 0 Å². The fourth-order valence-electron chi connectivity index (χ4n) is 3.06. The Hall–Kier alpha value is -3.38. The van der Waals surface area contributed by atoms with Gasteiger partial charge >= 0.3 is 0 Å². The molecule has 1 N–H and O–H groups in total. The Morgan fingerprint density at radius 3 is 2.88 bits per heavy atom. The number of nitrogens with one attached hydrogen (secondary N) is 1. The van der Waals surface area contributed by atoms with Gasteiger partial charge in [-0.15, -0.1) is 10.2 Å². The Kier molecular flexibility index (Phi) is 7.25. The number of imide groups is 1. The molecule has 4 rings (SSSR count). The smallest absolute Gasteiger partial charge is 0.293 e. The van der Waals surface area contributed by atoms with Crippen LogP contribution in [0.1, 0.15) is 12.5 Å². The van der Waals surface area contributed by atoms with E-state index in [0.29, 0.717) is 28.2 Å². The van der Waals surface area contributed by atoms with Crippen molar-refractivity contribution in [3.05, 3.63) is 53.4 Å². The second-order valence-electron chi connectivity index (χ2n) is 6.79. The predicted molar refractivity (Wildman–Crippen MR) is 124 cm³/mol. The van der Waals surface area contributed by atoms with Gasteiger partial charge < -0.3 is 9.73 Å². The number of furan rings is 1. The summed E-state index contributed by atoms with van der Waals surface area (Å²) in [6.07, 6.45) is 6.45. The molecule has 1 aliphatic rings. The van der Waals surface area contributed by atoms with Crippen LogP contribution in [-0.2, 0) is 16.1 Å². The minimum absolute atomic E-state index is 0.0965. The van der Waals surface area contributed by atoms with Crippen molar-refractivity contribution in [3.63, 3.8) is 0 Å².